The van der Waals surface area contributed by atoms with E-state index in [1.807, 2.05) is 41.1 Å². The predicted octanol–water partition coefficient (Wildman–Crippen LogP) is 3.09. The molecule has 0 bridgehead atoms. The Hall–Kier alpha value is -2.49. The highest BCUT2D eigenvalue weighted by Gasteiger charge is 2.26. The summed E-state index contributed by atoms with van der Waals surface area (Å²) in [5.74, 6) is -0.320. The Bertz CT molecular complexity index is 1060. The summed E-state index contributed by atoms with van der Waals surface area (Å²) in [7, 11) is -3.81. The van der Waals surface area contributed by atoms with Crippen LogP contribution >= 0.6 is 15.9 Å². The highest BCUT2D eigenvalue weighted by Crippen LogP contribution is 2.19. The topological polar surface area (TPSA) is 84.3 Å². The first-order valence-corrected chi connectivity index (χ1v) is 12.2. The molecule has 0 unspecified atom stereocenters. The lowest BCUT2D eigenvalue weighted by atomic mass is 10.1. The molecule has 1 N–H and O–H groups in total. The van der Waals surface area contributed by atoms with E-state index >= 15 is 0 Å². The van der Waals surface area contributed by atoms with E-state index in [-0.39, 0.29) is 23.9 Å². The third-order valence-corrected chi connectivity index (χ3v) is 7.13. The van der Waals surface area contributed by atoms with Crippen LogP contribution in [0.3, 0.4) is 0 Å². The Balaban J connectivity index is 1.64. The molecule has 0 aliphatic rings. The van der Waals surface area contributed by atoms with E-state index in [1.165, 1.54) is 16.4 Å². The summed E-state index contributed by atoms with van der Waals surface area (Å²) < 4.78 is 30.4. The molecule has 3 aromatic rings. The van der Waals surface area contributed by atoms with Gasteiger partial charge >= 0.3 is 0 Å². The molecule has 0 spiro atoms. The van der Waals surface area contributed by atoms with Gasteiger partial charge in [0, 0.05) is 36.5 Å². The molecule has 0 aliphatic heterocycles. The average Bonchev–Trinajstić information content (AvgIpc) is 3.29. The summed E-state index contributed by atoms with van der Waals surface area (Å²) in [6, 6.07) is 16.1. The number of nitrogens with zero attached hydrogens (tertiary/aromatic N) is 3. The van der Waals surface area contributed by atoms with Crippen LogP contribution in [0.2, 0.25) is 0 Å². The quantitative estimate of drug-likeness (QED) is 0.406. The molecular formula is C22H25BrN4O3S. The molecule has 164 valence electrons. The van der Waals surface area contributed by atoms with Gasteiger partial charge in [0.25, 0.3) is 0 Å². The Labute approximate surface area is 191 Å². The molecule has 0 fully saturated rings. The van der Waals surface area contributed by atoms with Gasteiger partial charge in [0.2, 0.25) is 15.9 Å². The molecule has 1 heterocycles. The standard InChI is InChI=1S/C22H25BrN4O3S/c23-20-7-9-21(10-8-20)31(29,30)27(15-11-19-5-2-1-3-6-19)17-22(28)25-12-4-14-26-16-13-24-18-26/h1-3,5-10,13,16,18H,4,11-12,14-15,17H2,(H,25,28). The van der Waals surface area contributed by atoms with Gasteiger partial charge in [-0.05, 0) is 42.7 Å². The first-order chi connectivity index (χ1) is 14.9. The Kier molecular flexibility index (Phi) is 8.39. The number of amides is 1. The number of imidazole rings is 1. The fourth-order valence-corrected chi connectivity index (χ4v) is 4.72. The number of nitrogens with one attached hydrogen (secondary N) is 1. The summed E-state index contributed by atoms with van der Waals surface area (Å²) in [4.78, 5) is 16.7. The van der Waals surface area contributed by atoms with Gasteiger partial charge in [0.15, 0.2) is 0 Å². The van der Waals surface area contributed by atoms with Crippen molar-refractivity contribution in [1.29, 1.82) is 0 Å². The summed E-state index contributed by atoms with van der Waals surface area (Å²) >= 11 is 3.32. The molecule has 2 aromatic carbocycles. The number of hydrogen-bond donors (Lipinski definition) is 1. The fraction of sp³-hybridized carbons (Fsp3) is 0.273. The zero-order chi connectivity index (χ0) is 22.1. The van der Waals surface area contributed by atoms with Crippen molar-refractivity contribution in [2.45, 2.75) is 24.3 Å². The minimum absolute atomic E-state index is 0.164. The van der Waals surface area contributed by atoms with Crippen molar-refractivity contribution in [3.63, 3.8) is 0 Å². The Morgan fingerprint density at radius 3 is 2.52 bits per heavy atom. The van der Waals surface area contributed by atoms with Crippen LogP contribution in [0.15, 0.2) is 82.7 Å². The lowest BCUT2D eigenvalue weighted by Gasteiger charge is -2.22. The number of aryl methyl sites for hydroxylation is 1. The van der Waals surface area contributed by atoms with Crippen LogP contribution in [0.4, 0.5) is 0 Å². The maximum absolute atomic E-state index is 13.2. The minimum Gasteiger partial charge on any atom is -0.355 e. The average molecular weight is 505 g/mol. The van der Waals surface area contributed by atoms with Crippen LogP contribution in [0, 0.1) is 0 Å². The monoisotopic (exact) mass is 504 g/mol. The Morgan fingerprint density at radius 1 is 1.10 bits per heavy atom. The maximum Gasteiger partial charge on any atom is 0.243 e. The number of carbonyl (C=O) groups excluding carboxylic acids is 1. The van der Waals surface area contributed by atoms with Crippen LogP contribution in [0.25, 0.3) is 0 Å². The van der Waals surface area contributed by atoms with Gasteiger partial charge in [-0.15, -0.1) is 0 Å². The van der Waals surface area contributed by atoms with E-state index < -0.39 is 10.0 Å². The molecule has 0 aliphatic carbocycles. The van der Waals surface area contributed by atoms with E-state index in [0.717, 1.165) is 23.0 Å². The van der Waals surface area contributed by atoms with E-state index in [2.05, 4.69) is 26.2 Å². The van der Waals surface area contributed by atoms with E-state index in [4.69, 9.17) is 0 Å². The lowest BCUT2D eigenvalue weighted by Crippen LogP contribution is -2.42. The lowest BCUT2D eigenvalue weighted by molar-refractivity contribution is -0.121. The molecule has 1 amide bonds. The maximum atomic E-state index is 13.2. The van der Waals surface area contributed by atoms with Crippen molar-refractivity contribution < 1.29 is 13.2 Å². The molecule has 0 saturated heterocycles. The third kappa shape index (κ3) is 7.02. The zero-order valence-corrected chi connectivity index (χ0v) is 19.4. The van der Waals surface area contributed by atoms with E-state index in [9.17, 15) is 13.2 Å². The van der Waals surface area contributed by atoms with Crippen molar-refractivity contribution >= 4 is 31.9 Å². The van der Waals surface area contributed by atoms with Gasteiger partial charge in [-0.3, -0.25) is 4.79 Å². The van der Waals surface area contributed by atoms with Crippen molar-refractivity contribution in [3.05, 3.63) is 83.4 Å². The second-order valence-corrected chi connectivity index (χ2v) is 9.89. The third-order valence-electron chi connectivity index (χ3n) is 4.74. The van der Waals surface area contributed by atoms with Gasteiger partial charge < -0.3 is 9.88 Å². The highest BCUT2D eigenvalue weighted by molar-refractivity contribution is 9.10. The van der Waals surface area contributed by atoms with Crippen LogP contribution in [0.1, 0.15) is 12.0 Å². The normalized spacial score (nSPS) is 11.5. The van der Waals surface area contributed by atoms with Gasteiger partial charge in [-0.1, -0.05) is 46.3 Å². The summed E-state index contributed by atoms with van der Waals surface area (Å²) in [6.07, 6.45) is 6.53. The summed E-state index contributed by atoms with van der Waals surface area (Å²) in [5.41, 5.74) is 1.01. The predicted molar refractivity (Wildman–Crippen MR) is 123 cm³/mol. The van der Waals surface area contributed by atoms with Gasteiger partial charge in [-0.2, -0.15) is 4.31 Å². The number of halogens is 1. The van der Waals surface area contributed by atoms with Crippen molar-refractivity contribution in [2.24, 2.45) is 0 Å². The number of carbonyl (C=O) groups is 1. The number of benzene rings is 2. The first kappa shape index (κ1) is 23.2. The highest BCUT2D eigenvalue weighted by atomic mass is 79.9. The molecule has 0 radical (unpaired) electrons. The van der Waals surface area contributed by atoms with Gasteiger partial charge in [0.1, 0.15) is 0 Å². The molecular weight excluding hydrogens is 480 g/mol. The molecule has 7 nitrogen and oxygen atoms in total. The first-order valence-electron chi connectivity index (χ1n) is 9.97. The zero-order valence-electron chi connectivity index (χ0n) is 17.0. The molecule has 3 rings (SSSR count). The van der Waals surface area contributed by atoms with Crippen molar-refractivity contribution in [1.82, 2.24) is 19.2 Å². The Morgan fingerprint density at radius 2 is 1.84 bits per heavy atom. The van der Waals surface area contributed by atoms with Crippen LogP contribution in [0.5, 0.6) is 0 Å². The van der Waals surface area contributed by atoms with E-state index in [0.29, 0.717) is 13.0 Å². The number of sulfonamides is 1. The molecule has 0 atom stereocenters. The largest absolute Gasteiger partial charge is 0.355 e. The second-order valence-electron chi connectivity index (χ2n) is 7.03. The summed E-state index contributed by atoms with van der Waals surface area (Å²) in [5, 5.41) is 2.82. The number of aromatic nitrogens is 2. The van der Waals surface area contributed by atoms with Crippen molar-refractivity contribution in [2.75, 3.05) is 19.6 Å². The van der Waals surface area contributed by atoms with Crippen LogP contribution in [-0.4, -0.2) is 47.8 Å². The number of rotatable bonds is 11. The molecule has 0 saturated carbocycles. The van der Waals surface area contributed by atoms with E-state index in [1.54, 1.807) is 24.7 Å². The smallest absolute Gasteiger partial charge is 0.243 e. The fourth-order valence-electron chi connectivity index (χ4n) is 3.06. The SMILES string of the molecule is O=C(CN(CCc1ccccc1)S(=O)(=O)c1ccc(Br)cc1)NCCCn1ccnc1. The summed E-state index contributed by atoms with van der Waals surface area (Å²) in [6.45, 7) is 1.18. The second kappa shape index (κ2) is 11.2. The number of hydrogen-bond acceptors (Lipinski definition) is 4. The molecule has 9 heteroatoms. The molecule has 31 heavy (non-hydrogen) atoms. The van der Waals surface area contributed by atoms with Gasteiger partial charge in [0.05, 0.1) is 17.8 Å². The van der Waals surface area contributed by atoms with Crippen molar-refractivity contribution in [3.8, 4) is 0 Å². The minimum atomic E-state index is -3.81. The molecule has 1 aromatic heterocycles. The van der Waals surface area contributed by atoms with Crippen LogP contribution < -0.4 is 5.32 Å². The van der Waals surface area contributed by atoms with Crippen LogP contribution in [-0.2, 0) is 27.8 Å². The van der Waals surface area contributed by atoms with Gasteiger partial charge in [-0.25, -0.2) is 13.4 Å².